The lowest BCUT2D eigenvalue weighted by Crippen LogP contribution is -2.44. The average Bonchev–Trinajstić information content (AvgIpc) is 1.70. The lowest BCUT2D eigenvalue weighted by atomic mass is 9.96. The van der Waals surface area contributed by atoms with Gasteiger partial charge in [-0.2, -0.15) is 26.3 Å². The second kappa shape index (κ2) is 42.2. The third-order valence-corrected chi connectivity index (χ3v) is 17.2. The van der Waals surface area contributed by atoms with Gasteiger partial charge < -0.3 is 88.6 Å². The first kappa shape index (κ1) is 90.3. The zero-order valence-corrected chi connectivity index (χ0v) is 64.6. The molecule has 2 fully saturated rings. The topological polar surface area (TPSA) is 435 Å². The summed E-state index contributed by atoms with van der Waals surface area (Å²) in [5, 5.41) is 26.0. The van der Waals surface area contributed by atoms with Crippen molar-refractivity contribution in [1.29, 1.82) is 0 Å². The van der Waals surface area contributed by atoms with Crippen molar-refractivity contribution in [2.45, 2.75) is 143 Å². The van der Waals surface area contributed by atoms with Crippen LogP contribution >= 0.6 is 0 Å². The number of anilines is 4. The normalized spacial score (nSPS) is 14.5. The molecule has 0 radical (unpaired) electrons. The number of nitrogens with one attached hydrogen (secondary N) is 7. The summed E-state index contributed by atoms with van der Waals surface area (Å²) in [5.74, 6) is -4.97. The van der Waals surface area contributed by atoms with Crippen molar-refractivity contribution in [3.05, 3.63) is 106 Å². The minimum atomic E-state index is -4.97. The van der Waals surface area contributed by atoms with Crippen LogP contribution in [0, 0.1) is 11.8 Å². The van der Waals surface area contributed by atoms with Crippen LogP contribution in [-0.4, -0.2) is 211 Å². The molecule has 8 rings (SSSR count). The lowest BCUT2D eigenvalue weighted by molar-refractivity contribution is -0.173. The van der Waals surface area contributed by atoms with Crippen LogP contribution in [0.1, 0.15) is 151 Å². The predicted molar refractivity (Wildman–Crippen MR) is 414 cm³/mol. The molecule has 0 saturated carbocycles. The van der Waals surface area contributed by atoms with E-state index in [0.29, 0.717) is 160 Å². The van der Waals surface area contributed by atoms with Crippen LogP contribution in [-0.2, 0) is 38.2 Å². The van der Waals surface area contributed by atoms with Crippen molar-refractivity contribution >= 4 is 118 Å². The van der Waals surface area contributed by atoms with E-state index in [2.05, 4.69) is 46.5 Å². The number of aromatic nitrogens is 2. The van der Waals surface area contributed by atoms with Gasteiger partial charge in [-0.1, -0.05) is 26.0 Å². The molecule has 14 N–H and O–H groups in total. The number of halogens is 6. The Morgan fingerprint density at radius 1 is 0.513 bits per heavy atom. The molecule has 2 saturated heterocycles. The first-order valence-corrected chi connectivity index (χ1v) is 37.1. The number of aromatic carboxylic acids is 1. The molecule has 9 amide bonds. The Labute approximate surface area is 651 Å². The van der Waals surface area contributed by atoms with Crippen LogP contribution in [0.4, 0.5) is 70.3 Å². The van der Waals surface area contributed by atoms with E-state index in [9.17, 15) is 79.4 Å². The van der Waals surface area contributed by atoms with Crippen molar-refractivity contribution < 1.29 is 88.9 Å². The Kier molecular flexibility index (Phi) is 33.7. The number of alkyl halides is 6. The van der Waals surface area contributed by atoms with E-state index in [4.69, 9.17) is 26.7 Å². The highest BCUT2D eigenvalue weighted by molar-refractivity contribution is 6.08. The van der Waals surface area contributed by atoms with Crippen LogP contribution < -0.4 is 64.2 Å². The molecule has 616 valence electrons. The number of amides is 9. The van der Waals surface area contributed by atoms with Crippen molar-refractivity contribution in [2.75, 3.05) is 112 Å². The quantitative estimate of drug-likeness (QED) is 0.0197. The summed E-state index contributed by atoms with van der Waals surface area (Å²) in [6.07, 6.45) is 0.833. The first-order chi connectivity index (χ1) is 53.2. The van der Waals surface area contributed by atoms with Crippen LogP contribution in [0.2, 0.25) is 0 Å². The standard InChI is InChI=1S/C38H50F3N9O6.C23H32N4O5.C15H20F3N5O2/c1-5-16-50(17-6-13-45-36(55)56-37(2,3)4)34(53)27-20-25-7-8-26(21-29(25)48-30(42)22-27)33(52)47-28-9-10-31(46-23-28)49-18-11-24(12-19-49)32(51)43-14-15-44-35(54)38(39,40)41;1-5-10-27(11-6-9-25-22(31)32-23(2,3)4)20(28)17-12-15-7-8-16(21(29)30)13-18(15)26-19(24)14-17;16-15(17,18)14(25)21-6-5-20-13(24)10-3-7-23(8-4-10)12-2-1-11(19)9-22-12/h7-10,20-21,23-24H,5-6,11-19,22H2,1-4H3,(H2,42,48)(H,43,51)(H,44,54)(H,45,55)(H,47,52);7-8,12-13H,5-6,9-11,14H2,1-4H3,(H2,24,26)(H,25,31)(H,29,30);1-2,9-10H,3-8,19H2,(H,20,24)(H,21,25). The zero-order valence-electron chi connectivity index (χ0n) is 64.6. The Balaban J connectivity index is 0.000000293. The fourth-order valence-electron chi connectivity index (χ4n) is 11.8. The summed E-state index contributed by atoms with van der Waals surface area (Å²) in [5.41, 5.74) is 21.2. The number of pyridine rings is 2. The number of aliphatic imine (C=N–C) groups is 2. The second-order valence-corrected chi connectivity index (χ2v) is 28.8. The molecule has 113 heavy (non-hydrogen) atoms. The Bertz CT molecular complexity index is 4110. The van der Waals surface area contributed by atoms with Gasteiger partial charge in [-0.15, -0.1) is 0 Å². The summed E-state index contributed by atoms with van der Waals surface area (Å²) in [7, 11) is 0. The van der Waals surface area contributed by atoms with E-state index in [1.165, 1.54) is 18.3 Å². The van der Waals surface area contributed by atoms with Crippen molar-refractivity contribution in [3.63, 3.8) is 0 Å². The van der Waals surface area contributed by atoms with E-state index < -0.39 is 59.4 Å². The summed E-state index contributed by atoms with van der Waals surface area (Å²) in [6, 6.07) is 16.5. The van der Waals surface area contributed by atoms with E-state index in [-0.39, 0.29) is 91.7 Å². The number of hydrogen-bond acceptors (Lipinski definition) is 21. The van der Waals surface area contributed by atoms with Gasteiger partial charge in [0.1, 0.15) is 34.5 Å². The van der Waals surface area contributed by atoms with Gasteiger partial charge in [-0.3, -0.25) is 33.6 Å². The van der Waals surface area contributed by atoms with Crippen LogP contribution in [0.5, 0.6) is 0 Å². The summed E-state index contributed by atoms with van der Waals surface area (Å²) in [4.78, 5) is 146. The fraction of sp³-hybridized carbons (Fsp3) is 0.500. The van der Waals surface area contributed by atoms with E-state index in [1.54, 1.807) is 123 Å². The number of nitrogens with two attached hydrogens (primary N) is 3. The number of carbonyl (C=O) groups excluding carboxylic acids is 9. The number of piperidine rings is 2. The summed E-state index contributed by atoms with van der Waals surface area (Å²) < 4.78 is 83.4. The molecule has 31 nitrogen and oxygen atoms in total. The van der Waals surface area contributed by atoms with Gasteiger partial charge in [-0.25, -0.2) is 34.3 Å². The molecule has 37 heteroatoms. The van der Waals surface area contributed by atoms with E-state index >= 15 is 0 Å². The Hall–Kier alpha value is -11.6. The highest BCUT2D eigenvalue weighted by Crippen LogP contribution is 2.32. The van der Waals surface area contributed by atoms with Gasteiger partial charge in [0.05, 0.1) is 40.7 Å². The van der Waals surface area contributed by atoms with E-state index in [1.807, 2.05) is 29.7 Å². The number of benzene rings is 2. The molecule has 4 aromatic rings. The predicted octanol–water partition coefficient (Wildman–Crippen LogP) is 8.26. The molecule has 6 heterocycles. The number of fused-ring (bicyclic) bond motifs is 2. The number of hydrogen-bond donors (Lipinski definition) is 11. The molecule has 2 aromatic heterocycles. The van der Waals surface area contributed by atoms with Gasteiger partial charge in [-0.05, 0) is 154 Å². The molecule has 0 unspecified atom stereocenters. The molecule has 0 bridgehead atoms. The van der Waals surface area contributed by atoms with Crippen molar-refractivity contribution in [2.24, 2.45) is 33.3 Å². The highest BCUT2D eigenvalue weighted by Gasteiger charge is 2.39. The second-order valence-electron chi connectivity index (χ2n) is 28.8. The monoisotopic (exact) mass is 1590 g/mol. The maximum atomic E-state index is 13.7. The number of ether oxygens (including phenoxy) is 2. The molecule has 2 aromatic carbocycles. The van der Waals surface area contributed by atoms with Gasteiger partial charge >= 0.3 is 42.3 Å². The third-order valence-electron chi connectivity index (χ3n) is 17.2. The first-order valence-electron chi connectivity index (χ1n) is 37.1. The number of amidine groups is 2. The van der Waals surface area contributed by atoms with Crippen molar-refractivity contribution in [3.8, 4) is 0 Å². The molecule has 0 aliphatic carbocycles. The summed E-state index contributed by atoms with van der Waals surface area (Å²) >= 11 is 0. The number of carboxylic acid groups (broad SMARTS) is 1. The van der Waals surface area contributed by atoms with Crippen LogP contribution in [0.3, 0.4) is 0 Å². The number of alkyl carbamates (subject to hydrolysis) is 2. The molecular formula is C76H102F6N18O13. The number of carboxylic acids is 1. The SMILES string of the molecule is CCCN(CCCNC(=O)OC(C)(C)C)C(=O)C1=Cc2ccc(C(=O)Nc3ccc(N4CCC(C(=O)NCCNC(=O)C(F)(F)F)CC4)nc3)cc2N=C(N)C1.CCCN(CCCNC(=O)OC(C)(C)C)C(=O)C1=Cc2ccc(C(=O)O)cc2N=C(N)C1.Nc1ccc(N2CCC(C(=O)NCCNC(=O)C(F)(F)F)CC2)nc1. The smallest absolute Gasteiger partial charge is 0.471 e. The zero-order chi connectivity index (χ0) is 83.4. The minimum Gasteiger partial charge on any atom is -0.478 e. The number of nitrogens with zero attached hydrogens (tertiary/aromatic N) is 8. The maximum absolute atomic E-state index is 13.7. The Morgan fingerprint density at radius 3 is 1.28 bits per heavy atom. The van der Waals surface area contributed by atoms with Gasteiger partial charge in [0.25, 0.3) is 5.91 Å². The van der Waals surface area contributed by atoms with Crippen LogP contribution in [0.15, 0.2) is 94.2 Å². The third kappa shape index (κ3) is 30.6. The van der Waals surface area contributed by atoms with Crippen LogP contribution in [0.25, 0.3) is 12.2 Å². The highest BCUT2D eigenvalue weighted by atomic mass is 19.4. The molecule has 0 spiro atoms. The fourth-order valence-corrected chi connectivity index (χ4v) is 11.8. The van der Waals surface area contributed by atoms with Crippen molar-refractivity contribution in [1.82, 2.24) is 51.7 Å². The number of nitrogen functional groups attached to an aromatic ring is 1. The molecule has 4 aliphatic rings. The number of carbonyl (C=O) groups is 10. The lowest BCUT2D eigenvalue weighted by Gasteiger charge is -2.32. The van der Waals surface area contributed by atoms with Gasteiger partial charge in [0, 0.05) is 144 Å². The minimum absolute atomic E-state index is 0.0413. The van der Waals surface area contributed by atoms with E-state index in [0.717, 1.165) is 18.7 Å². The molecule has 4 aliphatic heterocycles. The maximum Gasteiger partial charge on any atom is 0.471 e. The van der Waals surface area contributed by atoms with Gasteiger partial charge in [0.2, 0.25) is 23.6 Å². The Morgan fingerprint density at radius 2 is 0.912 bits per heavy atom. The number of rotatable bonds is 27. The average molecular weight is 1590 g/mol. The molecular weight excluding hydrogens is 1490 g/mol. The molecule has 0 atom stereocenters. The largest absolute Gasteiger partial charge is 0.478 e. The summed E-state index contributed by atoms with van der Waals surface area (Å²) in [6.45, 7) is 19.0. The van der Waals surface area contributed by atoms with Gasteiger partial charge in [0.15, 0.2) is 0 Å².